The zero-order chi connectivity index (χ0) is 12.2. The number of hydrogen-bond acceptors (Lipinski definition) is 3. The first-order valence-electron chi connectivity index (χ1n) is 5.80. The van der Waals surface area contributed by atoms with Crippen molar-refractivity contribution in [3.05, 3.63) is 72.4 Å². The molecule has 3 heteroatoms. The van der Waals surface area contributed by atoms with Gasteiger partial charge in [-0.05, 0) is 28.7 Å². The Morgan fingerprint density at radius 3 is 1.67 bits per heavy atom. The SMILES string of the molecule is c1ccc2c(c1)Cc1ccccc1-2.c1nnco1. The fraction of sp³-hybridized carbons (Fsp3) is 0.0667. The number of nitrogens with zero attached hydrogens (tertiary/aromatic N) is 2. The van der Waals surface area contributed by atoms with Crippen LogP contribution in [0.5, 0.6) is 0 Å². The van der Waals surface area contributed by atoms with Gasteiger partial charge in [-0.2, -0.15) is 0 Å². The molecule has 3 aromatic rings. The normalized spacial score (nSPS) is 11.1. The van der Waals surface area contributed by atoms with Crippen LogP contribution in [0.2, 0.25) is 0 Å². The minimum atomic E-state index is 1.10. The first-order valence-corrected chi connectivity index (χ1v) is 5.80. The molecule has 0 bridgehead atoms. The molecular weight excluding hydrogens is 224 g/mol. The molecule has 3 nitrogen and oxygen atoms in total. The Bertz CT molecular complexity index is 572. The van der Waals surface area contributed by atoms with E-state index in [1.807, 2.05) is 0 Å². The average molecular weight is 236 g/mol. The van der Waals surface area contributed by atoms with Crippen molar-refractivity contribution in [3.63, 3.8) is 0 Å². The lowest BCUT2D eigenvalue weighted by molar-refractivity contribution is 0.553. The molecule has 0 saturated carbocycles. The van der Waals surface area contributed by atoms with Crippen LogP contribution in [0.4, 0.5) is 0 Å². The molecule has 1 aliphatic carbocycles. The van der Waals surface area contributed by atoms with Gasteiger partial charge in [0.1, 0.15) is 0 Å². The predicted octanol–water partition coefficient (Wildman–Crippen LogP) is 3.33. The van der Waals surface area contributed by atoms with Crippen molar-refractivity contribution < 1.29 is 4.42 Å². The summed E-state index contributed by atoms with van der Waals surface area (Å²) in [6.07, 6.45) is 3.63. The first kappa shape index (κ1) is 10.7. The van der Waals surface area contributed by atoms with Gasteiger partial charge in [-0.3, -0.25) is 0 Å². The van der Waals surface area contributed by atoms with Gasteiger partial charge >= 0.3 is 0 Å². The third-order valence-electron chi connectivity index (χ3n) is 2.99. The lowest BCUT2D eigenvalue weighted by Gasteiger charge is -1.98. The highest BCUT2D eigenvalue weighted by molar-refractivity contribution is 5.76. The summed E-state index contributed by atoms with van der Waals surface area (Å²) < 4.78 is 4.36. The Labute approximate surface area is 105 Å². The highest BCUT2D eigenvalue weighted by Crippen LogP contribution is 2.35. The van der Waals surface area contributed by atoms with Gasteiger partial charge in [0.15, 0.2) is 0 Å². The Morgan fingerprint density at radius 2 is 1.22 bits per heavy atom. The smallest absolute Gasteiger partial charge is 0.203 e. The van der Waals surface area contributed by atoms with E-state index in [-0.39, 0.29) is 0 Å². The maximum Gasteiger partial charge on any atom is 0.203 e. The van der Waals surface area contributed by atoms with Crippen molar-refractivity contribution in [1.82, 2.24) is 10.2 Å². The summed E-state index contributed by atoms with van der Waals surface area (Å²) in [5.74, 6) is 0. The fourth-order valence-corrected chi connectivity index (χ4v) is 2.22. The first-order chi connectivity index (χ1) is 8.95. The molecule has 2 aromatic carbocycles. The van der Waals surface area contributed by atoms with E-state index in [1.54, 1.807) is 0 Å². The summed E-state index contributed by atoms with van der Waals surface area (Å²) >= 11 is 0. The van der Waals surface area contributed by atoms with Crippen LogP contribution in [0.15, 0.2) is 65.7 Å². The molecule has 0 radical (unpaired) electrons. The van der Waals surface area contributed by atoms with E-state index in [0.717, 1.165) is 6.42 Å². The molecule has 4 rings (SSSR count). The number of fused-ring (bicyclic) bond motifs is 3. The molecule has 0 N–H and O–H groups in total. The highest BCUT2D eigenvalue weighted by atomic mass is 16.3. The summed E-state index contributed by atoms with van der Waals surface area (Å²) in [7, 11) is 0. The molecule has 1 heterocycles. The molecule has 0 unspecified atom stereocenters. The third-order valence-corrected chi connectivity index (χ3v) is 2.99. The van der Waals surface area contributed by atoms with Crippen molar-refractivity contribution in [3.8, 4) is 11.1 Å². The second-order valence-corrected chi connectivity index (χ2v) is 4.07. The highest BCUT2D eigenvalue weighted by Gasteiger charge is 2.15. The van der Waals surface area contributed by atoms with Gasteiger partial charge in [-0.25, -0.2) is 0 Å². The molecule has 18 heavy (non-hydrogen) atoms. The van der Waals surface area contributed by atoms with Gasteiger partial charge in [0.05, 0.1) is 0 Å². The number of hydrogen-bond donors (Lipinski definition) is 0. The molecular formula is C15H12N2O. The summed E-state index contributed by atoms with van der Waals surface area (Å²) in [6.45, 7) is 0. The second-order valence-electron chi connectivity index (χ2n) is 4.07. The molecule has 0 amide bonds. The van der Waals surface area contributed by atoms with Crippen molar-refractivity contribution in [2.75, 3.05) is 0 Å². The molecule has 1 aliphatic rings. The van der Waals surface area contributed by atoms with Crippen LogP contribution in [0, 0.1) is 0 Å². The van der Waals surface area contributed by atoms with Crippen LogP contribution < -0.4 is 0 Å². The lowest BCUT2D eigenvalue weighted by atomic mass is 10.1. The van der Waals surface area contributed by atoms with Gasteiger partial charge in [-0.1, -0.05) is 48.5 Å². The van der Waals surface area contributed by atoms with Crippen LogP contribution in [0.3, 0.4) is 0 Å². The molecule has 0 atom stereocenters. The summed E-state index contributed by atoms with van der Waals surface area (Å²) in [4.78, 5) is 0. The van der Waals surface area contributed by atoms with E-state index in [9.17, 15) is 0 Å². The summed E-state index contributed by atoms with van der Waals surface area (Å²) in [6, 6.07) is 17.3. The Hall–Kier alpha value is -2.42. The van der Waals surface area contributed by atoms with E-state index in [4.69, 9.17) is 0 Å². The predicted molar refractivity (Wildman–Crippen MR) is 69.0 cm³/mol. The minimum Gasteiger partial charge on any atom is -0.431 e. The van der Waals surface area contributed by atoms with Gasteiger partial charge in [0, 0.05) is 0 Å². The van der Waals surface area contributed by atoms with Gasteiger partial charge in [0.25, 0.3) is 0 Å². The number of rotatable bonds is 0. The van der Waals surface area contributed by atoms with E-state index < -0.39 is 0 Å². The molecule has 0 spiro atoms. The Kier molecular flexibility index (Phi) is 2.88. The molecule has 0 aliphatic heterocycles. The maximum absolute atomic E-state index is 4.36. The Balaban J connectivity index is 0.000000169. The van der Waals surface area contributed by atoms with Crippen molar-refractivity contribution in [1.29, 1.82) is 0 Å². The molecule has 0 fully saturated rings. The topological polar surface area (TPSA) is 38.9 Å². The summed E-state index contributed by atoms with van der Waals surface area (Å²) in [5.41, 5.74) is 5.75. The Morgan fingerprint density at radius 1 is 0.722 bits per heavy atom. The van der Waals surface area contributed by atoms with Crippen LogP contribution in [0.25, 0.3) is 11.1 Å². The zero-order valence-corrected chi connectivity index (χ0v) is 9.78. The fourth-order valence-electron chi connectivity index (χ4n) is 2.22. The van der Waals surface area contributed by atoms with Crippen molar-refractivity contribution >= 4 is 0 Å². The van der Waals surface area contributed by atoms with Crippen molar-refractivity contribution in [2.45, 2.75) is 6.42 Å². The van der Waals surface area contributed by atoms with Crippen LogP contribution >= 0.6 is 0 Å². The van der Waals surface area contributed by atoms with Gasteiger partial charge in [-0.15, -0.1) is 10.2 Å². The van der Waals surface area contributed by atoms with E-state index >= 15 is 0 Å². The quantitative estimate of drug-likeness (QED) is 0.470. The van der Waals surface area contributed by atoms with E-state index in [2.05, 4.69) is 63.1 Å². The molecule has 0 saturated heterocycles. The largest absolute Gasteiger partial charge is 0.431 e. The third kappa shape index (κ3) is 2.02. The van der Waals surface area contributed by atoms with Crippen molar-refractivity contribution in [2.24, 2.45) is 0 Å². The zero-order valence-electron chi connectivity index (χ0n) is 9.78. The monoisotopic (exact) mass is 236 g/mol. The molecule has 88 valence electrons. The van der Waals surface area contributed by atoms with E-state index in [0.29, 0.717) is 0 Å². The second kappa shape index (κ2) is 4.84. The maximum atomic E-state index is 4.36. The summed E-state index contributed by atoms with van der Waals surface area (Å²) in [5, 5.41) is 6.61. The van der Waals surface area contributed by atoms with Crippen LogP contribution in [-0.2, 0) is 6.42 Å². The number of benzene rings is 2. The molecule has 1 aromatic heterocycles. The average Bonchev–Trinajstić information content (AvgIpc) is 3.10. The van der Waals surface area contributed by atoms with Gasteiger partial charge in [0.2, 0.25) is 12.8 Å². The lowest BCUT2D eigenvalue weighted by Crippen LogP contribution is -1.77. The van der Waals surface area contributed by atoms with Crippen LogP contribution in [0.1, 0.15) is 11.1 Å². The standard InChI is InChI=1S/C13H10.C2H2N2O/c1-3-7-12-10(5-1)9-11-6-2-4-8-13(11)12;1-3-4-2-5-1/h1-8H,9H2;1-2H. The van der Waals surface area contributed by atoms with Gasteiger partial charge < -0.3 is 4.42 Å². The van der Waals surface area contributed by atoms with Crippen LogP contribution in [-0.4, -0.2) is 10.2 Å². The number of aromatic nitrogens is 2. The van der Waals surface area contributed by atoms with E-state index in [1.165, 1.54) is 35.0 Å². The minimum absolute atomic E-state index is 1.10.